The fourth-order valence-electron chi connectivity index (χ4n) is 7.17. The molecule has 11 nitrogen and oxygen atoms in total. The molecule has 41 heavy (non-hydrogen) atoms. The molecular formula is C30H36N2O9. The van der Waals surface area contributed by atoms with Crippen molar-refractivity contribution in [3.8, 4) is 17.2 Å². The van der Waals surface area contributed by atoms with Crippen LogP contribution in [0.4, 0.5) is 0 Å². The zero-order valence-corrected chi connectivity index (χ0v) is 23.8. The van der Waals surface area contributed by atoms with Crippen molar-refractivity contribution in [1.82, 2.24) is 10.2 Å². The maximum absolute atomic E-state index is 14.2. The second kappa shape index (κ2) is 8.97. The van der Waals surface area contributed by atoms with Crippen LogP contribution in [0.2, 0.25) is 0 Å². The van der Waals surface area contributed by atoms with Gasteiger partial charge in [0, 0.05) is 35.2 Å². The van der Waals surface area contributed by atoms with Crippen LogP contribution in [-0.2, 0) is 16.8 Å². The van der Waals surface area contributed by atoms with Crippen LogP contribution in [0.3, 0.4) is 0 Å². The van der Waals surface area contributed by atoms with Gasteiger partial charge in [-0.1, -0.05) is 13.8 Å². The van der Waals surface area contributed by atoms with E-state index in [9.17, 15) is 35.1 Å². The monoisotopic (exact) mass is 568 g/mol. The first-order chi connectivity index (χ1) is 19.1. The molecule has 7 atom stereocenters. The number of hydrogen-bond acceptors (Lipinski definition) is 11. The number of nitrogens with one attached hydrogen (secondary N) is 1. The van der Waals surface area contributed by atoms with Gasteiger partial charge < -0.3 is 45.2 Å². The smallest absolute Gasteiger partial charge is 0.228 e. The van der Waals surface area contributed by atoms with Gasteiger partial charge in [0.05, 0.1) is 28.3 Å². The van der Waals surface area contributed by atoms with E-state index in [1.54, 1.807) is 32.8 Å². The van der Waals surface area contributed by atoms with Crippen molar-refractivity contribution >= 4 is 11.6 Å². The van der Waals surface area contributed by atoms with Crippen LogP contribution in [0, 0.1) is 0 Å². The van der Waals surface area contributed by atoms with E-state index < -0.39 is 59.1 Å². The number of aliphatic hydroxyl groups excluding tert-OH is 2. The summed E-state index contributed by atoms with van der Waals surface area (Å²) >= 11 is 0. The molecule has 4 aliphatic rings. The summed E-state index contributed by atoms with van der Waals surface area (Å²) in [6.07, 6.45) is -3.41. The number of phenolic OH excluding ortho intramolecular Hbond substituents is 2. The molecule has 6 N–H and O–H groups in total. The first-order valence-corrected chi connectivity index (χ1v) is 13.8. The summed E-state index contributed by atoms with van der Waals surface area (Å²) in [6, 6.07) is 1.51. The molecule has 0 aromatic heterocycles. The highest BCUT2D eigenvalue weighted by molar-refractivity contribution is 6.31. The number of aromatic hydroxyl groups is 2. The zero-order chi connectivity index (χ0) is 29.9. The SMILES string of the molecule is CC(C)NC1CC(C)(O)Cc2cc3c(c(O)c21)C(=O)c1c(O)cc2c(c1C3=O)OC1OC2(C)C(O)C(N(C)C)C1O. The normalized spacial score (nSPS) is 33.7. The lowest BCUT2D eigenvalue weighted by molar-refractivity contribution is -0.311. The van der Waals surface area contributed by atoms with Crippen molar-refractivity contribution in [2.75, 3.05) is 14.1 Å². The molecule has 11 heteroatoms. The molecule has 7 unspecified atom stereocenters. The van der Waals surface area contributed by atoms with E-state index in [-0.39, 0.29) is 58.2 Å². The van der Waals surface area contributed by atoms with Crippen LogP contribution < -0.4 is 10.1 Å². The summed E-state index contributed by atoms with van der Waals surface area (Å²) < 4.78 is 12.0. The van der Waals surface area contributed by atoms with Gasteiger partial charge in [0.15, 0.2) is 5.78 Å². The van der Waals surface area contributed by atoms with E-state index in [2.05, 4.69) is 5.32 Å². The lowest BCUT2D eigenvalue weighted by Gasteiger charge is -2.53. The van der Waals surface area contributed by atoms with Gasteiger partial charge in [-0.15, -0.1) is 0 Å². The van der Waals surface area contributed by atoms with Crippen molar-refractivity contribution in [3.63, 3.8) is 0 Å². The Hall–Kier alpha value is -3.06. The van der Waals surface area contributed by atoms with Crippen LogP contribution in [0.15, 0.2) is 12.1 Å². The largest absolute Gasteiger partial charge is 0.507 e. The Bertz CT molecular complexity index is 1500. The molecule has 0 radical (unpaired) electrons. The van der Waals surface area contributed by atoms with Gasteiger partial charge in [-0.3, -0.25) is 9.59 Å². The molecule has 6 rings (SSSR count). The van der Waals surface area contributed by atoms with Crippen molar-refractivity contribution < 1.29 is 44.6 Å². The van der Waals surface area contributed by atoms with Crippen LogP contribution in [0.25, 0.3) is 0 Å². The first kappa shape index (κ1) is 28.1. The van der Waals surface area contributed by atoms with Crippen molar-refractivity contribution in [3.05, 3.63) is 51.1 Å². The average Bonchev–Trinajstić information content (AvgIpc) is 2.84. The second-order valence-electron chi connectivity index (χ2n) is 12.8. The van der Waals surface area contributed by atoms with E-state index in [0.717, 1.165) is 0 Å². The standard InChI is InChI=1S/C30H36N2O9/c1-11(2)31-15-10-29(3,39)9-12-7-13-18(23(35)17(12)15)24(36)19-16(33)8-14-26(20(19)22(13)34)40-28-25(37)21(32(5)6)27(38)30(14,4)41-28/h7-8,11,15,21,25,27-28,31,33,35,37-39H,9-10H2,1-6H3. The number of aliphatic hydroxyl groups is 3. The molecule has 2 aliphatic heterocycles. The van der Waals surface area contributed by atoms with E-state index in [4.69, 9.17) is 9.47 Å². The topological polar surface area (TPSA) is 169 Å². The maximum Gasteiger partial charge on any atom is 0.228 e. The third kappa shape index (κ3) is 3.87. The van der Waals surface area contributed by atoms with Gasteiger partial charge in [0.2, 0.25) is 12.1 Å². The van der Waals surface area contributed by atoms with Gasteiger partial charge in [0.25, 0.3) is 0 Å². The van der Waals surface area contributed by atoms with Crippen LogP contribution in [-0.4, -0.2) is 92.3 Å². The molecule has 2 heterocycles. The molecular weight excluding hydrogens is 532 g/mol. The molecule has 0 amide bonds. The third-order valence-corrected chi connectivity index (χ3v) is 8.95. The fraction of sp³-hybridized carbons (Fsp3) is 0.533. The number of benzene rings is 2. The van der Waals surface area contributed by atoms with Crippen molar-refractivity contribution in [1.29, 1.82) is 0 Å². The highest BCUT2D eigenvalue weighted by Crippen LogP contribution is 2.54. The first-order valence-electron chi connectivity index (χ1n) is 13.8. The van der Waals surface area contributed by atoms with Crippen LogP contribution in [0.1, 0.15) is 88.7 Å². The molecule has 0 saturated carbocycles. The quantitative estimate of drug-likeness (QED) is 0.269. The predicted molar refractivity (Wildman–Crippen MR) is 145 cm³/mol. The summed E-state index contributed by atoms with van der Waals surface area (Å²) in [5.41, 5.74) is -2.34. The van der Waals surface area contributed by atoms with E-state index in [0.29, 0.717) is 11.1 Å². The van der Waals surface area contributed by atoms with Crippen LogP contribution in [0.5, 0.6) is 17.2 Å². The highest BCUT2D eigenvalue weighted by Gasteiger charge is 2.59. The number of carbonyl (C=O) groups excluding carboxylic acids is 2. The molecule has 2 aromatic carbocycles. The summed E-state index contributed by atoms with van der Waals surface area (Å²) in [5.74, 6) is -2.38. The van der Waals surface area contributed by atoms with Gasteiger partial charge >= 0.3 is 0 Å². The lowest BCUT2D eigenvalue weighted by atomic mass is 9.72. The Balaban J connectivity index is 1.56. The number of carbonyl (C=O) groups is 2. The minimum atomic E-state index is -1.49. The minimum absolute atomic E-state index is 0.00351. The number of likely N-dealkylation sites (N-methyl/N-ethyl adjacent to an activating group) is 1. The molecule has 2 aromatic rings. The number of ether oxygens (including phenoxy) is 2. The number of hydrogen-bond donors (Lipinski definition) is 6. The number of ketones is 2. The highest BCUT2D eigenvalue weighted by atomic mass is 16.7. The Morgan fingerprint density at radius 2 is 1.73 bits per heavy atom. The van der Waals surface area contributed by atoms with Gasteiger partial charge in [0.1, 0.15) is 35.1 Å². The molecule has 1 fully saturated rings. The summed E-state index contributed by atoms with van der Waals surface area (Å²) in [6.45, 7) is 7.12. The van der Waals surface area contributed by atoms with E-state index >= 15 is 0 Å². The Morgan fingerprint density at radius 3 is 2.37 bits per heavy atom. The summed E-state index contributed by atoms with van der Waals surface area (Å²) in [7, 11) is 3.38. The minimum Gasteiger partial charge on any atom is -0.507 e. The number of nitrogens with zero attached hydrogens (tertiary/aromatic N) is 1. The zero-order valence-electron chi connectivity index (χ0n) is 23.8. The molecule has 220 valence electrons. The number of fused-ring (bicyclic) bond motifs is 8. The Kier molecular flexibility index (Phi) is 6.14. The van der Waals surface area contributed by atoms with Crippen molar-refractivity contribution in [2.45, 2.75) is 88.4 Å². The average molecular weight is 569 g/mol. The second-order valence-corrected chi connectivity index (χ2v) is 12.8. The van der Waals surface area contributed by atoms with Gasteiger partial charge in [-0.2, -0.15) is 0 Å². The predicted octanol–water partition coefficient (Wildman–Crippen LogP) is 1.23. The third-order valence-electron chi connectivity index (χ3n) is 8.95. The molecule has 2 aliphatic carbocycles. The Morgan fingerprint density at radius 1 is 1.05 bits per heavy atom. The fourth-order valence-corrected chi connectivity index (χ4v) is 7.17. The van der Waals surface area contributed by atoms with Gasteiger partial charge in [-0.05, 0) is 52.1 Å². The molecule has 1 saturated heterocycles. The van der Waals surface area contributed by atoms with Gasteiger partial charge in [-0.25, -0.2) is 0 Å². The van der Waals surface area contributed by atoms with Crippen molar-refractivity contribution in [2.24, 2.45) is 0 Å². The summed E-state index contributed by atoms with van der Waals surface area (Å²) in [4.78, 5) is 29.8. The number of rotatable bonds is 3. The molecule has 2 bridgehead atoms. The molecule has 0 spiro atoms. The van der Waals surface area contributed by atoms with E-state index in [1.807, 2.05) is 13.8 Å². The van der Waals surface area contributed by atoms with E-state index in [1.165, 1.54) is 12.1 Å². The van der Waals surface area contributed by atoms with Crippen LogP contribution >= 0.6 is 0 Å². The number of phenols is 2. The Labute approximate surface area is 237 Å². The maximum atomic E-state index is 14.2. The summed E-state index contributed by atoms with van der Waals surface area (Å²) in [5, 5.41) is 59.3. The lowest BCUT2D eigenvalue weighted by Crippen LogP contribution is -2.68.